The van der Waals surface area contributed by atoms with Gasteiger partial charge in [0.15, 0.2) is 34.6 Å². The third-order valence-corrected chi connectivity index (χ3v) is 15.7. The van der Waals surface area contributed by atoms with Gasteiger partial charge in [0.25, 0.3) is 8.53 Å². The number of nitrogens with zero attached hydrogens (tertiary/aromatic N) is 7. The fourth-order valence-corrected chi connectivity index (χ4v) is 11.7. The zero-order chi connectivity index (χ0) is 51.5. The van der Waals surface area contributed by atoms with Crippen molar-refractivity contribution in [2.75, 3.05) is 43.6 Å². The number of imidazole rings is 1. The van der Waals surface area contributed by atoms with Crippen LogP contribution >= 0.6 is 8.53 Å². The number of carbonyl (C=O) groups excluding carboxylic acids is 1. The molecule has 16 nitrogen and oxygen atoms in total. The molecule has 0 radical (unpaired) electrons. The number of methoxy groups -OCH3 is 1. The van der Waals surface area contributed by atoms with E-state index in [-0.39, 0.29) is 49.3 Å². The van der Waals surface area contributed by atoms with Crippen molar-refractivity contribution in [2.45, 2.75) is 116 Å². The van der Waals surface area contributed by atoms with E-state index in [0.717, 1.165) is 16.7 Å². The van der Waals surface area contributed by atoms with Crippen LogP contribution in [0.25, 0.3) is 11.2 Å². The number of halogens is 1. The summed E-state index contributed by atoms with van der Waals surface area (Å²) in [6, 6.07) is 34.7. The molecule has 5 heterocycles. The summed E-state index contributed by atoms with van der Waals surface area (Å²) in [6.07, 6.45) is -0.00872. The van der Waals surface area contributed by atoms with Crippen LogP contribution in [0.1, 0.15) is 90.6 Å². The minimum Gasteiger partial charge on any atom is -0.457 e. The van der Waals surface area contributed by atoms with Crippen molar-refractivity contribution in [3.8, 4) is 17.6 Å². The molecule has 5 atom stereocenters. The van der Waals surface area contributed by atoms with Gasteiger partial charge in [-0.3, -0.25) is 9.36 Å². The van der Waals surface area contributed by atoms with E-state index in [0.29, 0.717) is 54.3 Å². The van der Waals surface area contributed by atoms with E-state index in [1.54, 1.807) is 30.1 Å². The average molecular weight is 1020 g/mol. The molecule has 1 amide bonds. The lowest BCUT2D eigenvalue weighted by Gasteiger charge is -2.44. The lowest BCUT2D eigenvalue weighted by Crippen LogP contribution is -2.52. The number of nitriles is 1. The van der Waals surface area contributed by atoms with Gasteiger partial charge in [0.2, 0.25) is 5.91 Å². The van der Waals surface area contributed by atoms with Gasteiger partial charge in [0.05, 0.1) is 37.7 Å². The highest BCUT2D eigenvalue weighted by Gasteiger charge is 2.55. The minimum absolute atomic E-state index is 0.0407. The summed E-state index contributed by atoms with van der Waals surface area (Å²) in [6.45, 7) is 14.7. The summed E-state index contributed by atoms with van der Waals surface area (Å²) in [5.41, 5.74) is 1.75. The summed E-state index contributed by atoms with van der Waals surface area (Å²) in [5.74, 6) is -0.248. The van der Waals surface area contributed by atoms with Crippen molar-refractivity contribution in [1.29, 1.82) is 5.26 Å². The first-order chi connectivity index (χ1) is 35.2. The second-order valence-electron chi connectivity index (χ2n) is 20.0. The van der Waals surface area contributed by atoms with Crippen molar-refractivity contribution in [3.05, 3.63) is 138 Å². The molecule has 73 heavy (non-hydrogen) atoms. The predicted octanol–water partition coefficient (Wildman–Crippen LogP) is 10.7. The number of anilines is 2. The Morgan fingerprint density at radius 3 is 2.18 bits per heavy atom. The third kappa shape index (κ3) is 10.5. The van der Waals surface area contributed by atoms with Gasteiger partial charge >= 0.3 is 0 Å². The van der Waals surface area contributed by atoms with Crippen molar-refractivity contribution in [1.82, 2.24) is 24.2 Å². The number of nitrogens with one attached hydrogen (secondary N) is 1. The Morgan fingerprint density at radius 1 is 0.904 bits per heavy atom. The van der Waals surface area contributed by atoms with Crippen LogP contribution in [0.3, 0.4) is 0 Å². The molecule has 0 saturated carbocycles. The molecule has 2 saturated heterocycles. The van der Waals surface area contributed by atoms with Gasteiger partial charge in [-0.1, -0.05) is 99.6 Å². The monoisotopic (exact) mass is 1010 g/mol. The molecule has 0 spiro atoms. The highest BCUT2D eigenvalue weighted by molar-refractivity contribution is 7.44. The first-order valence-electron chi connectivity index (χ1n) is 24.9. The molecule has 4 aromatic carbocycles. The van der Waals surface area contributed by atoms with Crippen LogP contribution in [0, 0.1) is 22.6 Å². The SMILES string of the molecule is COC1(O[C@@H]2[C@H](OP(OCCC#N)N(C(C)C)C(C)C)[C@@H](COC3(c4ccccc4)c4ccccc4Oc4ccccc43)O[C@H]2n2cnc3c(NC(=O)C(C)(C)C)ncnc32)CCN(c2ccccc2F)CC1. The van der Waals surface area contributed by atoms with E-state index in [1.165, 1.54) is 12.4 Å². The van der Waals surface area contributed by atoms with Gasteiger partial charge in [0.1, 0.15) is 42.0 Å². The normalized spacial score (nSPS) is 20.7. The maximum atomic E-state index is 15.3. The molecule has 18 heteroatoms. The lowest BCUT2D eigenvalue weighted by atomic mass is 9.77. The molecule has 384 valence electrons. The van der Waals surface area contributed by atoms with Gasteiger partial charge in [-0.25, -0.2) is 24.0 Å². The Kier molecular flexibility index (Phi) is 15.6. The minimum atomic E-state index is -1.91. The topological polar surface area (TPSA) is 168 Å². The number of benzene rings is 4. The molecule has 3 aliphatic heterocycles. The average Bonchev–Trinajstić information content (AvgIpc) is 3.96. The fourth-order valence-electron chi connectivity index (χ4n) is 9.94. The molecule has 2 aromatic heterocycles. The first kappa shape index (κ1) is 52.0. The Hall–Kier alpha value is -5.93. The molecule has 3 aliphatic rings. The van der Waals surface area contributed by atoms with Gasteiger partial charge in [-0.15, -0.1) is 0 Å². The van der Waals surface area contributed by atoms with Gasteiger partial charge in [-0.05, 0) is 57.5 Å². The lowest BCUT2D eigenvalue weighted by molar-refractivity contribution is -0.274. The number of ether oxygens (including phenoxy) is 5. The van der Waals surface area contributed by atoms with Crippen LogP contribution in [-0.2, 0) is 38.4 Å². The zero-order valence-electron chi connectivity index (χ0n) is 42.6. The number of para-hydroxylation sites is 3. The Bertz CT molecular complexity index is 2850. The molecule has 1 N–H and O–H groups in total. The highest BCUT2D eigenvalue weighted by atomic mass is 31.2. The second-order valence-corrected chi connectivity index (χ2v) is 21.4. The fraction of sp³-hybridized carbons (Fsp3) is 0.436. The van der Waals surface area contributed by atoms with Crippen molar-refractivity contribution >= 4 is 37.1 Å². The van der Waals surface area contributed by atoms with Crippen molar-refractivity contribution in [3.63, 3.8) is 0 Å². The number of fused-ring (bicyclic) bond motifs is 3. The van der Waals surface area contributed by atoms with Gasteiger partial charge in [0, 0.05) is 61.7 Å². The number of hydrogen-bond acceptors (Lipinski definition) is 14. The van der Waals surface area contributed by atoms with E-state index in [1.807, 2.05) is 111 Å². The summed E-state index contributed by atoms with van der Waals surface area (Å²) < 4.78 is 68.6. The van der Waals surface area contributed by atoms with E-state index in [9.17, 15) is 10.1 Å². The van der Waals surface area contributed by atoms with E-state index in [4.69, 9.17) is 42.7 Å². The number of piperidine rings is 1. The molecule has 2 fully saturated rings. The standard InChI is InChI=1S/C55H64FN8O8P/c1-36(2)64(37(3)4)73(68-32-18-29-57)72-47-45(33-67-55(38-19-10-9-11-20-38)39-21-12-16-25-43(39)69-44-26-17-13-22-40(44)55)70-51(63-35-60-46-49(58-34-59-50(46)63)61-52(65)53(5,6)7)48(47)71-54(66-8)27-30-62(31-28-54)42-24-15-14-23-41(42)56/h9-17,19-26,34-37,45,47-48,51H,18,27-28,30-33H2,1-8H3,(H,58,59,61,65)/t45-,47-,48-,51-,73?/m1/s1. The quantitative estimate of drug-likeness (QED) is 0.0490. The first-order valence-corrected chi connectivity index (χ1v) is 26.0. The van der Waals surface area contributed by atoms with Crippen LogP contribution in [0.2, 0.25) is 0 Å². The summed E-state index contributed by atoms with van der Waals surface area (Å²) >= 11 is 0. The zero-order valence-corrected chi connectivity index (χ0v) is 43.5. The third-order valence-electron chi connectivity index (χ3n) is 13.5. The molecular weight excluding hydrogens is 951 g/mol. The molecule has 1 unspecified atom stereocenters. The summed E-state index contributed by atoms with van der Waals surface area (Å²) in [5, 5.41) is 12.7. The maximum absolute atomic E-state index is 15.3. The van der Waals surface area contributed by atoms with Crippen LogP contribution in [0.5, 0.6) is 11.5 Å². The van der Waals surface area contributed by atoms with Crippen LogP contribution in [0.4, 0.5) is 15.9 Å². The van der Waals surface area contributed by atoms with E-state index < -0.39 is 49.9 Å². The smallest absolute Gasteiger partial charge is 0.259 e. The van der Waals surface area contributed by atoms with E-state index in [2.05, 4.69) is 48.7 Å². The van der Waals surface area contributed by atoms with Crippen LogP contribution in [-0.4, -0.2) is 99.7 Å². The van der Waals surface area contributed by atoms with Crippen molar-refractivity contribution < 1.29 is 41.9 Å². The Labute approximate surface area is 427 Å². The largest absolute Gasteiger partial charge is 0.457 e. The Morgan fingerprint density at radius 2 is 1.55 bits per heavy atom. The maximum Gasteiger partial charge on any atom is 0.259 e. The number of carbonyl (C=O) groups is 1. The summed E-state index contributed by atoms with van der Waals surface area (Å²) in [7, 11) is -0.294. The van der Waals surface area contributed by atoms with Gasteiger partial charge < -0.3 is 42.9 Å². The summed E-state index contributed by atoms with van der Waals surface area (Å²) in [4.78, 5) is 29.3. The molecular formula is C55H64FN8O8P. The molecule has 9 rings (SSSR count). The number of rotatable bonds is 18. The highest BCUT2D eigenvalue weighted by Crippen LogP contribution is 2.55. The number of amides is 1. The second kappa shape index (κ2) is 21.9. The molecule has 0 bridgehead atoms. The van der Waals surface area contributed by atoms with Crippen molar-refractivity contribution in [2.24, 2.45) is 5.41 Å². The number of aromatic nitrogens is 4. The number of hydrogen-bond donors (Lipinski definition) is 1. The van der Waals surface area contributed by atoms with Crippen LogP contribution in [0.15, 0.2) is 116 Å². The Balaban J connectivity index is 1.19. The predicted molar refractivity (Wildman–Crippen MR) is 275 cm³/mol. The van der Waals surface area contributed by atoms with Crippen LogP contribution < -0.4 is 15.0 Å². The molecule has 0 aliphatic carbocycles. The molecule has 6 aromatic rings. The van der Waals surface area contributed by atoms with E-state index >= 15 is 4.39 Å². The van der Waals surface area contributed by atoms with Gasteiger partial charge in [-0.2, -0.15) is 5.26 Å².